The summed E-state index contributed by atoms with van der Waals surface area (Å²) >= 11 is 0. The van der Waals surface area contributed by atoms with Gasteiger partial charge in [0.1, 0.15) is 0 Å². The Morgan fingerprint density at radius 1 is 1.04 bits per heavy atom. The zero-order valence-corrected chi connectivity index (χ0v) is 16.3. The van der Waals surface area contributed by atoms with Crippen LogP contribution in [0.25, 0.3) is 0 Å². The maximum Gasteiger partial charge on any atom is 0.223 e. The second-order valence-corrected chi connectivity index (χ2v) is 7.27. The summed E-state index contributed by atoms with van der Waals surface area (Å²) in [6, 6.07) is 18.4. The quantitative estimate of drug-likeness (QED) is 0.719. The van der Waals surface area contributed by atoms with Crippen LogP contribution >= 0.6 is 0 Å². The number of hydrogen-bond acceptors (Lipinski definition) is 3. The number of piperidine rings is 1. The first kappa shape index (κ1) is 20.1. The maximum atomic E-state index is 12.5. The van der Waals surface area contributed by atoms with E-state index in [1.54, 1.807) is 0 Å². The number of likely N-dealkylation sites (tertiary alicyclic amines) is 1. The SMILES string of the molecule is C#CCN1CCC(C(=O)NCc2cccc(COCc3ccccc3)c2)CC1. The van der Waals surface area contributed by atoms with E-state index in [-0.39, 0.29) is 11.8 Å². The van der Waals surface area contributed by atoms with Crippen molar-refractivity contribution in [1.82, 2.24) is 10.2 Å². The van der Waals surface area contributed by atoms with Gasteiger partial charge in [0.25, 0.3) is 0 Å². The van der Waals surface area contributed by atoms with E-state index in [0.717, 1.165) is 37.1 Å². The average molecular weight is 377 g/mol. The van der Waals surface area contributed by atoms with Crippen molar-refractivity contribution in [3.05, 3.63) is 71.3 Å². The summed E-state index contributed by atoms with van der Waals surface area (Å²) < 4.78 is 5.81. The minimum atomic E-state index is 0.0893. The Kier molecular flexibility index (Phi) is 7.66. The lowest BCUT2D eigenvalue weighted by molar-refractivity contribution is -0.126. The third-order valence-electron chi connectivity index (χ3n) is 5.11. The molecular formula is C24H28N2O2. The zero-order chi connectivity index (χ0) is 19.6. The average Bonchev–Trinajstić information content (AvgIpc) is 2.74. The minimum absolute atomic E-state index is 0.0893. The maximum absolute atomic E-state index is 12.5. The van der Waals surface area contributed by atoms with Crippen molar-refractivity contribution in [2.45, 2.75) is 32.6 Å². The van der Waals surface area contributed by atoms with Crippen molar-refractivity contribution in [2.75, 3.05) is 19.6 Å². The Morgan fingerprint density at radius 3 is 2.46 bits per heavy atom. The summed E-state index contributed by atoms with van der Waals surface area (Å²) in [5.74, 6) is 2.91. The van der Waals surface area contributed by atoms with Gasteiger partial charge in [-0.1, -0.05) is 60.5 Å². The lowest BCUT2D eigenvalue weighted by Gasteiger charge is -2.29. The summed E-state index contributed by atoms with van der Waals surface area (Å²) in [6.07, 6.45) is 7.11. The molecule has 1 aliphatic heterocycles. The molecule has 4 nitrogen and oxygen atoms in total. The predicted molar refractivity (Wildman–Crippen MR) is 111 cm³/mol. The summed E-state index contributed by atoms with van der Waals surface area (Å²) in [5, 5.41) is 3.09. The molecule has 28 heavy (non-hydrogen) atoms. The van der Waals surface area contributed by atoms with E-state index >= 15 is 0 Å². The van der Waals surface area contributed by atoms with Crippen molar-refractivity contribution < 1.29 is 9.53 Å². The number of amides is 1. The standard InChI is InChI=1S/C24H28N2O2/c1-2-13-26-14-11-23(12-15-26)24(27)25-17-21-9-6-10-22(16-21)19-28-18-20-7-4-3-5-8-20/h1,3-10,16,23H,11-15,17-19H2,(H,25,27). The first-order valence-electron chi connectivity index (χ1n) is 9.87. The molecule has 146 valence electrons. The molecule has 1 N–H and O–H groups in total. The van der Waals surface area contributed by atoms with E-state index in [2.05, 4.69) is 40.4 Å². The molecular weight excluding hydrogens is 348 g/mol. The molecule has 1 amide bonds. The van der Waals surface area contributed by atoms with Gasteiger partial charge in [0.2, 0.25) is 5.91 Å². The van der Waals surface area contributed by atoms with Gasteiger partial charge in [0.05, 0.1) is 19.8 Å². The van der Waals surface area contributed by atoms with Crippen LogP contribution in [-0.4, -0.2) is 30.4 Å². The van der Waals surface area contributed by atoms with Gasteiger partial charge in [0.15, 0.2) is 0 Å². The van der Waals surface area contributed by atoms with Crippen molar-refractivity contribution in [3.8, 4) is 12.3 Å². The van der Waals surface area contributed by atoms with Crippen LogP contribution < -0.4 is 5.32 Å². The van der Waals surface area contributed by atoms with Crippen molar-refractivity contribution in [2.24, 2.45) is 5.92 Å². The number of terminal acetylenes is 1. The fraction of sp³-hybridized carbons (Fsp3) is 0.375. The summed E-state index contributed by atoms with van der Waals surface area (Å²) in [7, 11) is 0. The van der Waals surface area contributed by atoms with Gasteiger partial charge < -0.3 is 10.1 Å². The smallest absolute Gasteiger partial charge is 0.223 e. The third-order valence-corrected chi connectivity index (χ3v) is 5.11. The minimum Gasteiger partial charge on any atom is -0.372 e. The van der Waals surface area contributed by atoms with E-state index in [4.69, 9.17) is 11.2 Å². The van der Waals surface area contributed by atoms with Crippen LogP contribution in [0.2, 0.25) is 0 Å². The number of carbonyl (C=O) groups excluding carboxylic acids is 1. The van der Waals surface area contributed by atoms with Crippen LogP contribution in [0.15, 0.2) is 54.6 Å². The van der Waals surface area contributed by atoms with Gasteiger partial charge in [-0.15, -0.1) is 6.42 Å². The number of carbonyl (C=O) groups is 1. The molecule has 0 unspecified atom stereocenters. The Morgan fingerprint density at radius 2 is 1.71 bits per heavy atom. The van der Waals surface area contributed by atoms with E-state index in [9.17, 15) is 4.79 Å². The number of nitrogens with one attached hydrogen (secondary N) is 1. The Bertz CT molecular complexity index is 790. The number of nitrogens with zero attached hydrogens (tertiary/aromatic N) is 1. The van der Waals surface area contributed by atoms with E-state index in [1.165, 1.54) is 5.56 Å². The molecule has 2 aromatic carbocycles. The van der Waals surface area contributed by atoms with Crippen LogP contribution in [0.4, 0.5) is 0 Å². The number of hydrogen-bond donors (Lipinski definition) is 1. The molecule has 0 aromatic heterocycles. The highest BCUT2D eigenvalue weighted by molar-refractivity contribution is 5.78. The fourth-order valence-electron chi connectivity index (χ4n) is 3.51. The molecule has 0 saturated carbocycles. The van der Waals surface area contributed by atoms with E-state index < -0.39 is 0 Å². The molecule has 1 fully saturated rings. The summed E-state index contributed by atoms with van der Waals surface area (Å²) in [5.41, 5.74) is 3.38. The van der Waals surface area contributed by atoms with Gasteiger partial charge in [-0.05, 0) is 42.6 Å². The Balaban J connectivity index is 1.42. The second kappa shape index (κ2) is 10.7. The van der Waals surface area contributed by atoms with E-state index in [0.29, 0.717) is 26.3 Å². The molecule has 0 bridgehead atoms. The molecule has 0 radical (unpaired) electrons. The molecule has 1 saturated heterocycles. The second-order valence-electron chi connectivity index (χ2n) is 7.27. The van der Waals surface area contributed by atoms with Crippen molar-refractivity contribution in [1.29, 1.82) is 0 Å². The largest absolute Gasteiger partial charge is 0.372 e. The molecule has 1 aliphatic rings. The third kappa shape index (κ3) is 6.23. The molecule has 2 aromatic rings. The zero-order valence-electron chi connectivity index (χ0n) is 16.3. The van der Waals surface area contributed by atoms with Gasteiger partial charge >= 0.3 is 0 Å². The normalized spacial score (nSPS) is 15.1. The lowest BCUT2D eigenvalue weighted by atomic mass is 9.96. The molecule has 1 heterocycles. The molecule has 0 atom stereocenters. The number of ether oxygens (including phenoxy) is 1. The lowest BCUT2D eigenvalue weighted by Crippen LogP contribution is -2.40. The highest BCUT2D eigenvalue weighted by Crippen LogP contribution is 2.17. The van der Waals surface area contributed by atoms with Crippen LogP contribution in [0, 0.1) is 18.3 Å². The molecule has 0 spiro atoms. The van der Waals surface area contributed by atoms with Crippen LogP contribution in [0.3, 0.4) is 0 Å². The van der Waals surface area contributed by atoms with Gasteiger partial charge in [-0.3, -0.25) is 9.69 Å². The number of benzene rings is 2. The predicted octanol–water partition coefficient (Wildman–Crippen LogP) is 3.36. The first-order valence-corrected chi connectivity index (χ1v) is 9.87. The monoisotopic (exact) mass is 376 g/mol. The van der Waals surface area contributed by atoms with Gasteiger partial charge in [-0.25, -0.2) is 0 Å². The molecule has 4 heteroatoms. The topological polar surface area (TPSA) is 41.6 Å². The van der Waals surface area contributed by atoms with E-state index in [1.807, 2.05) is 30.3 Å². The Labute approximate surface area is 167 Å². The first-order chi connectivity index (χ1) is 13.7. The van der Waals surface area contributed by atoms with Crippen molar-refractivity contribution >= 4 is 5.91 Å². The van der Waals surface area contributed by atoms with Crippen LogP contribution in [0.5, 0.6) is 0 Å². The highest BCUT2D eigenvalue weighted by Gasteiger charge is 2.24. The highest BCUT2D eigenvalue weighted by atomic mass is 16.5. The van der Waals surface area contributed by atoms with Gasteiger partial charge in [-0.2, -0.15) is 0 Å². The number of rotatable bonds is 8. The summed E-state index contributed by atoms with van der Waals surface area (Å²) in [4.78, 5) is 14.7. The van der Waals surface area contributed by atoms with Crippen LogP contribution in [0.1, 0.15) is 29.5 Å². The van der Waals surface area contributed by atoms with Gasteiger partial charge in [0, 0.05) is 12.5 Å². The van der Waals surface area contributed by atoms with Crippen molar-refractivity contribution in [3.63, 3.8) is 0 Å². The Hall–Kier alpha value is -2.61. The van der Waals surface area contributed by atoms with Crippen LogP contribution in [-0.2, 0) is 29.3 Å². The summed E-state index contributed by atoms with van der Waals surface area (Å²) in [6.45, 7) is 4.18. The molecule has 0 aliphatic carbocycles. The fourth-order valence-corrected chi connectivity index (χ4v) is 3.51. The molecule has 3 rings (SSSR count).